The quantitative estimate of drug-likeness (QED) is 0.835. The van der Waals surface area contributed by atoms with Crippen LogP contribution in [0.25, 0.3) is 6.08 Å². The smallest absolute Gasteiger partial charge is 0.289 e. The number of sulfone groups is 1. The molecule has 1 amide bonds. The van der Waals surface area contributed by atoms with E-state index in [0.29, 0.717) is 12.0 Å². The summed E-state index contributed by atoms with van der Waals surface area (Å²) < 4.78 is 30.1. The van der Waals surface area contributed by atoms with Crippen LogP contribution in [-0.4, -0.2) is 26.8 Å². The molecule has 0 radical (unpaired) electrons. The van der Waals surface area contributed by atoms with Crippen LogP contribution in [0.4, 0.5) is 0 Å². The Morgan fingerprint density at radius 2 is 1.76 bits per heavy atom. The molecule has 6 heteroatoms. The molecular formula is C19H19NO4S. The van der Waals surface area contributed by atoms with E-state index in [2.05, 4.69) is 5.32 Å². The molecule has 0 spiro atoms. The summed E-state index contributed by atoms with van der Waals surface area (Å²) >= 11 is 0. The van der Waals surface area contributed by atoms with Gasteiger partial charge in [-0.25, -0.2) is 8.42 Å². The van der Waals surface area contributed by atoms with E-state index in [0.717, 1.165) is 11.1 Å². The lowest BCUT2D eigenvalue weighted by Gasteiger charge is -2.06. The molecule has 1 fully saturated rings. The van der Waals surface area contributed by atoms with Crippen LogP contribution in [0.2, 0.25) is 0 Å². The number of nitrogens with one attached hydrogen (secondary N) is 1. The van der Waals surface area contributed by atoms with Gasteiger partial charge in [-0.05, 0) is 42.7 Å². The van der Waals surface area contributed by atoms with Gasteiger partial charge in [-0.1, -0.05) is 42.0 Å². The third-order valence-corrected chi connectivity index (χ3v) is 5.73. The highest BCUT2D eigenvalue weighted by atomic mass is 32.2. The van der Waals surface area contributed by atoms with E-state index in [9.17, 15) is 13.2 Å². The van der Waals surface area contributed by atoms with Gasteiger partial charge < -0.3 is 10.1 Å². The van der Waals surface area contributed by atoms with Gasteiger partial charge in [-0.3, -0.25) is 4.79 Å². The fourth-order valence-corrected chi connectivity index (χ4v) is 3.78. The lowest BCUT2D eigenvalue weighted by Crippen LogP contribution is -2.14. The summed E-state index contributed by atoms with van der Waals surface area (Å²) in [5, 5.41) is 2.54. The molecule has 0 aromatic heterocycles. The number of carbonyl (C=O) groups is 1. The van der Waals surface area contributed by atoms with Gasteiger partial charge in [-0.15, -0.1) is 0 Å². The van der Waals surface area contributed by atoms with Crippen molar-refractivity contribution in [2.75, 3.05) is 12.5 Å². The van der Waals surface area contributed by atoms with Gasteiger partial charge in [0.15, 0.2) is 22.3 Å². The van der Waals surface area contributed by atoms with Gasteiger partial charge in [0.2, 0.25) is 0 Å². The van der Waals surface area contributed by atoms with Crippen molar-refractivity contribution in [2.45, 2.75) is 18.2 Å². The highest BCUT2D eigenvalue weighted by Gasteiger charge is 2.18. The second-order valence-corrected chi connectivity index (χ2v) is 8.04. The van der Waals surface area contributed by atoms with E-state index in [4.69, 9.17) is 4.74 Å². The molecule has 2 aromatic rings. The molecule has 25 heavy (non-hydrogen) atoms. The number of hydrogen-bond acceptors (Lipinski definition) is 4. The monoisotopic (exact) mass is 357 g/mol. The fourth-order valence-electron chi connectivity index (χ4n) is 2.49. The lowest BCUT2D eigenvalue weighted by atomic mass is 10.1. The maximum atomic E-state index is 12.5. The third-order valence-electron chi connectivity index (χ3n) is 4.00. The topological polar surface area (TPSA) is 72.5 Å². The summed E-state index contributed by atoms with van der Waals surface area (Å²) in [4.78, 5) is 11.7. The molecule has 0 bridgehead atoms. The molecule has 1 saturated heterocycles. The Morgan fingerprint density at radius 1 is 1.08 bits per heavy atom. The van der Waals surface area contributed by atoms with Crippen molar-refractivity contribution in [2.24, 2.45) is 0 Å². The van der Waals surface area contributed by atoms with Crippen molar-refractivity contribution in [3.05, 3.63) is 71.0 Å². The zero-order valence-electron chi connectivity index (χ0n) is 13.9. The summed E-state index contributed by atoms with van der Waals surface area (Å²) in [6.45, 7) is 2.16. The number of carbonyl (C=O) groups excluding carboxylic acids is 1. The first-order chi connectivity index (χ1) is 11.9. The maximum Gasteiger partial charge on any atom is 0.289 e. The standard InChI is InChI=1S/C19H19NO4S/c1-14-2-4-15(5-3-14)10-11-25(22,23)17-8-6-16(7-9-17)12-18-19(21)20-13-24-18/h2-9,12H,10-11,13H2,1H3,(H,20,21). The Labute approximate surface area is 147 Å². The molecule has 3 rings (SSSR count). The van der Waals surface area contributed by atoms with Crippen LogP contribution in [0, 0.1) is 6.92 Å². The average Bonchev–Trinajstić information content (AvgIpc) is 3.00. The van der Waals surface area contributed by atoms with E-state index >= 15 is 0 Å². The Bertz CT molecular complexity index is 897. The number of rotatable bonds is 5. The van der Waals surface area contributed by atoms with E-state index in [1.165, 1.54) is 0 Å². The summed E-state index contributed by atoms with van der Waals surface area (Å²) in [5.74, 6) is 0.0203. The van der Waals surface area contributed by atoms with Crippen LogP contribution < -0.4 is 5.32 Å². The summed E-state index contributed by atoms with van der Waals surface area (Å²) in [7, 11) is -3.35. The first-order valence-electron chi connectivity index (χ1n) is 7.95. The zero-order chi connectivity index (χ0) is 17.9. The average molecular weight is 357 g/mol. The normalized spacial score (nSPS) is 15.9. The molecule has 0 unspecified atom stereocenters. The number of benzene rings is 2. The predicted octanol–water partition coefficient (Wildman–Crippen LogP) is 2.46. The van der Waals surface area contributed by atoms with Crippen LogP contribution in [0.3, 0.4) is 0 Å². The molecule has 5 nitrogen and oxygen atoms in total. The van der Waals surface area contributed by atoms with Crippen LogP contribution in [0.15, 0.2) is 59.2 Å². The Kier molecular flexibility index (Phi) is 4.90. The van der Waals surface area contributed by atoms with Gasteiger partial charge in [0.05, 0.1) is 10.6 Å². The highest BCUT2D eigenvalue weighted by Crippen LogP contribution is 2.17. The molecule has 2 aromatic carbocycles. The molecule has 1 aliphatic rings. The largest absolute Gasteiger partial charge is 0.467 e. The molecule has 0 atom stereocenters. The maximum absolute atomic E-state index is 12.5. The molecule has 130 valence electrons. The number of ether oxygens (including phenoxy) is 1. The van der Waals surface area contributed by atoms with E-state index in [-0.39, 0.29) is 29.0 Å². The van der Waals surface area contributed by atoms with Crippen molar-refractivity contribution in [1.29, 1.82) is 0 Å². The SMILES string of the molecule is Cc1ccc(CCS(=O)(=O)c2ccc(C=C3OCNC3=O)cc2)cc1. The Hall–Kier alpha value is -2.60. The van der Waals surface area contributed by atoms with E-state index in [1.807, 2.05) is 31.2 Å². The molecule has 1 N–H and O–H groups in total. The number of amides is 1. The molecule has 1 aliphatic heterocycles. The summed E-state index contributed by atoms with van der Waals surface area (Å²) in [6, 6.07) is 14.3. The minimum atomic E-state index is -3.35. The Morgan fingerprint density at radius 3 is 2.36 bits per heavy atom. The van der Waals surface area contributed by atoms with Gasteiger partial charge in [-0.2, -0.15) is 0 Å². The van der Waals surface area contributed by atoms with Gasteiger partial charge >= 0.3 is 0 Å². The molecular weight excluding hydrogens is 338 g/mol. The lowest BCUT2D eigenvalue weighted by molar-refractivity contribution is -0.116. The number of aryl methyl sites for hydroxylation is 2. The van der Waals surface area contributed by atoms with Crippen LogP contribution >= 0.6 is 0 Å². The molecule has 0 saturated carbocycles. The third kappa shape index (κ3) is 4.28. The minimum Gasteiger partial charge on any atom is -0.467 e. The fraction of sp³-hybridized carbons (Fsp3) is 0.211. The minimum absolute atomic E-state index is 0.0576. The van der Waals surface area contributed by atoms with Gasteiger partial charge in [0.1, 0.15) is 0 Å². The van der Waals surface area contributed by atoms with Crippen molar-refractivity contribution >= 4 is 21.8 Å². The predicted molar refractivity (Wildman–Crippen MR) is 95.4 cm³/mol. The zero-order valence-corrected chi connectivity index (χ0v) is 14.7. The Balaban J connectivity index is 1.70. The summed E-state index contributed by atoms with van der Waals surface area (Å²) in [6.07, 6.45) is 2.06. The van der Waals surface area contributed by atoms with E-state index < -0.39 is 9.84 Å². The van der Waals surface area contributed by atoms with Crippen LogP contribution in [0.1, 0.15) is 16.7 Å². The van der Waals surface area contributed by atoms with Crippen LogP contribution in [-0.2, 0) is 25.8 Å². The highest BCUT2D eigenvalue weighted by molar-refractivity contribution is 7.91. The van der Waals surface area contributed by atoms with Crippen molar-refractivity contribution in [1.82, 2.24) is 5.32 Å². The molecule has 0 aliphatic carbocycles. The van der Waals surface area contributed by atoms with Crippen LogP contribution in [0.5, 0.6) is 0 Å². The summed E-state index contributed by atoms with van der Waals surface area (Å²) in [5.41, 5.74) is 2.86. The van der Waals surface area contributed by atoms with Crippen molar-refractivity contribution in [3.63, 3.8) is 0 Å². The van der Waals surface area contributed by atoms with Gasteiger partial charge in [0, 0.05) is 0 Å². The second-order valence-electron chi connectivity index (χ2n) is 5.93. The first kappa shape index (κ1) is 17.2. The van der Waals surface area contributed by atoms with Crippen molar-refractivity contribution < 1.29 is 17.9 Å². The molecule has 1 heterocycles. The number of hydrogen-bond donors (Lipinski definition) is 1. The van der Waals surface area contributed by atoms with Crippen molar-refractivity contribution in [3.8, 4) is 0 Å². The first-order valence-corrected chi connectivity index (χ1v) is 9.60. The van der Waals surface area contributed by atoms with Gasteiger partial charge in [0.25, 0.3) is 5.91 Å². The van der Waals surface area contributed by atoms with E-state index in [1.54, 1.807) is 30.3 Å². The second kappa shape index (κ2) is 7.11.